The Kier molecular flexibility index (Phi) is 4.94. The molecule has 1 heterocycles. The summed E-state index contributed by atoms with van der Waals surface area (Å²) in [5.74, 6) is -0.314. The SMILES string of the molecule is CCCC(Br)=C=C[C@H]1COCC(=O)O1. The average molecular weight is 261 g/mol. The largest absolute Gasteiger partial charge is 0.453 e. The molecule has 1 atom stereocenters. The summed E-state index contributed by atoms with van der Waals surface area (Å²) >= 11 is 3.37. The maximum atomic E-state index is 10.8. The summed E-state index contributed by atoms with van der Waals surface area (Å²) in [6.07, 6.45) is 3.43. The van der Waals surface area contributed by atoms with Crippen molar-refractivity contribution in [3.63, 3.8) is 0 Å². The first-order valence-corrected chi connectivity index (χ1v) is 5.40. The summed E-state index contributed by atoms with van der Waals surface area (Å²) in [7, 11) is 0. The van der Waals surface area contributed by atoms with Crippen LogP contribution >= 0.6 is 15.9 Å². The lowest BCUT2D eigenvalue weighted by Crippen LogP contribution is -2.31. The molecule has 1 rings (SSSR count). The van der Waals surface area contributed by atoms with Gasteiger partial charge in [-0.3, -0.25) is 0 Å². The van der Waals surface area contributed by atoms with Crippen LogP contribution in [0.2, 0.25) is 0 Å². The van der Waals surface area contributed by atoms with Gasteiger partial charge in [0.05, 0.1) is 6.61 Å². The highest BCUT2D eigenvalue weighted by atomic mass is 79.9. The Hall–Kier alpha value is -0.570. The Balaban J connectivity index is 2.49. The Bertz CT molecular complexity index is 267. The highest BCUT2D eigenvalue weighted by Gasteiger charge is 2.17. The topological polar surface area (TPSA) is 35.5 Å². The van der Waals surface area contributed by atoms with Gasteiger partial charge in [0.15, 0.2) is 6.10 Å². The monoisotopic (exact) mass is 260 g/mol. The Labute approximate surface area is 91.9 Å². The van der Waals surface area contributed by atoms with Crippen molar-refractivity contribution in [3.8, 4) is 0 Å². The molecule has 3 nitrogen and oxygen atoms in total. The molecule has 0 aliphatic carbocycles. The van der Waals surface area contributed by atoms with Gasteiger partial charge < -0.3 is 9.47 Å². The second kappa shape index (κ2) is 6.02. The molecule has 1 aliphatic heterocycles. The predicted octanol–water partition coefficient (Wildman–Crippen LogP) is 2.16. The van der Waals surface area contributed by atoms with E-state index in [0.29, 0.717) is 6.61 Å². The van der Waals surface area contributed by atoms with Gasteiger partial charge in [0, 0.05) is 10.6 Å². The lowest BCUT2D eigenvalue weighted by Gasteiger charge is -2.18. The van der Waals surface area contributed by atoms with Crippen molar-refractivity contribution in [2.24, 2.45) is 0 Å². The second-order valence-corrected chi connectivity index (χ2v) is 3.97. The summed E-state index contributed by atoms with van der Waals surface area (Å²) in [5, 5.41) is 0. The molecule has 0 unspecified atom stereocenters. The third kappa shape index (κ3) is 4.09. The van der Waals surface area contributed by atoms with E-state index in [1.165, 1.54) is 0 Å². The fraction of sp³-hybridized carbons (Fsp3) is 0.600. The molecule has 1 aliphatic rings. The number of cyclic esters (lactones) is 1. The van der Waals surface area contributed by atoms with Crippen LogP contribution in [0.5, 0.6) is 0 Å². The molecule has 0 amide bonds. The molecule has 0 aromatic carbocycles. The Morgan fingerprint density at radius 1 is 1.79 bits per heavy atom. The average Bonchev–Trinajstić information content (AvgIpc) is 2.15. The first kappa shape index (κ1) is 11.5. The molecule has 1 saturated heterocycles. The summed E-state index contributed by atoms with van der Waals surface area (Å²) in [6.45, 7) is 2.57. The number of ether oxygens (including phenoxy) is 2. The predicted molar refractivity (Wildman–Crippen MR) is 56.1 cm³/mol. The smallest absolute Gasteiger partial charge is 0.332 e. The Morgan fingerprint density at radius 2 is 2.57 bits per heavy atom. The van der Waals surface area contributed by atoms with E-state index in [0.717, 1.165) is 17.3 Å². The van der Waals surface area contributed by atoms with Crippen LogP contribution in [-0.2, 0) is 14.3 Å². The lowest BCUT2D eigenvalue weighted by molar-refractivity contribution is -0.165. The highest BCUT2D eigenvalue weighted by Crippen LogP contribution is 2.11. The van der Waals surface area contributed by atoms with Crippen LogP contribution in [0, 0.1) is 0 Å². The van der Waals surface area contributed by atoms with Gasteiger partial charge in [0.2, 0.25) is 0 Å². The van der Waals surface area contributed by atoms with Crippen molar-refractivity contribution in [1.29, 1.82) is 0 Å². The van der Waals surface area contributed by atoms with E-state index < -0.39 is 0 Å². The molecule has 14 heavy (non-hydrogen) atoms. The summed E-state index contributed by atoms with van der Waals surface area (Å²) in [6, 6.07) is 0. The Morgan fingerprint density at radius 3 is 3.21 bits per heavy atom. The third-order valence-electron chi connectivity index (χ3n) is 1.68. The van der Waals surface area contributed by atoms with Crippen LogP contribution in [0.25, 0.3) is 0 Å². The summed E-state index contributed by atoms with van der Waals surface area (Å²) < 4.78 is 11.0. The van der Waals surface area contributed by atoms with Gasteiger partial charge in [-0.05, 0) is 22.4 Å². The zero-order valence-corrected chi connectivity index (χ0v) is 9.67. The number of carbonyl (C=O) groups excluding carboxylic acids is 1. The summed E-state index contributed by atoms with van der Waals surface area (Å²) in [4.78, 5) is 10.8. The fourth-order valence-electron chi connectivity index (χ4n) is 1.05. The molecule has 0 bridgehead atoms. The lowest BCUT2D eigenvalue weighted by atomic mass is 10.3. The first-order chi connectivity index (χ1) is 6.72. The molecule has 1 fully saturated rings. The number of rotatable bonds is 3. The zero-order valence-electron chi connectivity index (χ0n) is 8.09. The number of halogens is 1. The third-order valence-corrected chi connectivity index (χ3v) is 2.31. The van der Waals surface area contributed by atoms with Crippen LogP contribution in [0.4, 0.5) is 0 Å². The van der Waals surface area contributed by atoms with Gasteiger partial charge in [-0.25, -0.2) is 4.79 Å². The van der Waals surface area contributed by atoms with Crippen molar-refractivity contribution in [2.45, 2.75) is 25.9 Å². The van der Waals surface area contributed by atoms with E-state index in [1.807, 2.05) is 0 Å². The van der Waals surface area contributed by atoms with Crippen molar-refractivity contribution in [3.05, 3.63) is 16.3 Å². The zero-order chi connectivity index (χ0) is 10.4. The molecule has 0 spiro atoms. The maximum Gasteiger partial charge on any atom is 0.332 e. The van der Waals surface area contributed by atoms with Gasteiger partial charge >= 0.3 is 5.97 Å². The standard InChI is InChI=1S/C10H13BrO3/c1-2-3-8(11)4-5-9-6-13-7-10(12)14-9/h5,9H,2-3,6-7H2,1H3/t4?,9-/m0/s1. The first-order valence-electron chi connectivity index (χ1n) is 4.60. The van der Waals surface area contributed by atoms with Gasteiger partial charge in [0.1, 0.15) is 6.61 Å². The molecular weight excluding hydrogens is 248 g/mol. The van der Waals surface area contributed by atoms with E-state index >= 15 is 0 Å². The molecular formula is C10H13BrO3. The maximum absolute atomic E-state index is 10.8. The molecule has 4 heteroatoms. The van der Waals surface area contributed by atoms with E-state index in [2.05, 4.69) is 28.6 Å². The van der Waals surface area contributed by atoms with Gasteiger partial charge in [0.25, 0.3) is 0 Å². The molecule has 0 aromatic rings. The molecule has 78 valence electrons. The summed E-state index contributed by atoms with van der Waals surface area (Å²) in [5.41, 5.74) is 3.02. The highest BCUT2D eigenvalue weighted by molar-refractivity contribution is 9.11. The van der Waals surface area contributed by atoms with Crippen LogP contribution < -0.4 is 0 Å². The van der Waals surface area contributed by atoms with E-state index in [1.54, 1.807) is 6.08 Å². The molecule has 0 aromatic heterocycles. The number of carbonyl (C=O) groups is 1. The minimum Gasteiger partial charge on any atom is -0.453 e. The van der Waals surface area contributed by atoms with Gasteiger partial charge in [-0.15, -0.1) is 5.73 Å². The van der Waals surface area contributed by atoms with Crippen molar-refractivity contribution in [1.82, 2.24) is 0 Å². The van der Waals surface area contributed by atoms with Crippen molar-refractivity contribution >= 4 is 21.9 Å². The van der Waals surface area contributed by atoms with Gasteiger partial charge in [-0.2, -0.15) is 0 Å². The second-order valence-electron chi connectivity index (χ2n) is 3.01. The van der Waals surface area contributed by atoms with Crippen LogP contribution in [-0.4, -0.2) is 25.3 Å². The van der Waals surface area contributed by atoms with E-state index in [4.69, 9.17) is 9.47 Å². The number of esters is 1. The van der Waals surface area contributed by atoms with E-state index in [-0.39, 0.29) is 18.7 Å². The van der Waals surface area contributed by atoms with E-state index in [9.17, 15) is 4.79 Å². The molecule has 0 saturated carbocycles. The molecule has 0 radical (unpaired) electrons. The minimum absolute atomic E-state index is 0.0597. The van der Waals surface area contributed by atoms with Crippen molar-refractivity contribution in [2.75, 3.05) is 13.2 Å². The minimum atomic E-state index is -0.314. The van der Waals surface area contributed by atoms with Gasteiger partial charge in [-0.1, -0.05) is 13.3 Å². The normalized spacial score (nSPS) is 21.0. The fourth-order valence-corrected chi connectivity index (χ4v) is 1.58. The van der Waals surface area contributed by atoms with Crippen LogP contribution in [0.3, 0.4) is 0 Å². The number of hydrogen-bond acceptors (Lipinski definition) is 3. The quantitative estimate of drug-likeness (QED) is 0.577. The van der Waals surface area contributed by atoms with Crippen LogP contribution in [0.1, 0.15) is 19.8 Å². The van der Waals surface area contributed by atoms with Crippen LogP contribution in [0.15, 0.2) is 16.3 Å². The van der Waals surface area contributed by atoms with Crippen molar-refractivity contribution < 1.29 is 14.3 Å². The number of hydrogen-bond donors (Lipinski definition) is 0. The molecule has 0 N–H and O–H groups in total.